The van der Waals surface area contributed by atoms with Crippen molar-refractivity contribution in [3.8, 4) is 0 Å². The Morgan fingerprint density at radius 3 is 2.50 bits per heavy atom. The Morgan fingerprint density at radius 1 is 1.50 bits per heavy atom. The summed E-state index contributed by atoms with van der Waals surface area (Å²) < 4.78 is 0. The maximum Gasteiger partial charge on any atom is 0.0218 e. The summed E-state index contributed by atoms with van der Waals surface area (Å²) in [5, 5.41) is 3.17. The van der Waals surface area contributed by atoms with Crippen molar-refractivity contribution in [2.24, 2.45) is 17.4 Å². The second-order valence-corrected chi connectivity index (χ2v) is 2.32. The van der Waals surface area contributed by atoms with E-state index < -0.39 is 0 Å². The Balaban J connectivity index is 2.30. The molecule has 0 amide bonds. The van der Waals surface area contributed by atoms with E-state index in [4.69, 9.17) is 11.5 Å². The predicted octanol–water partition coefficient (Wildman–Crippen LogP) is -1.51. The number of nitrogens with two attached hydrogens (primary N) is 2. The molecular formula is C5H13N3. The molecule has 1 rings (SSSR count). The first-order valence-corrected chi connectivity index (χ1v) is 3.01. The molecule has 0 aromatic heterocycles. The number of hydrogen-bond acceptors (Lipinski definition) is 3. The highest BCUT2D eigenvalue weighted by atomic mass is 15.0. The summed E-state index contributed by atoms with van der Waals surface area (Å²) >= 11 is 0. The lowest BCUT2D eigenvalue weighted by molar-refractivity contribution is 0.526. The molecule has 5 N–H and O–H groups in total. The summed E-state index contributed by atoms with van der Waals surface area (Å²) in [4.78, 5) is 0. The minimum atomic E-state index is 0.292. The van der Waals surface area contributed by atoms with Gasteiger partial charge in [-0.25, -0.2) is 0 Å². The van der Waals surface area contributed by atoms with Crippen molar-refractivity contribution in [2.45, 2.75) is 6.04 Å². The molecule has 3 heteroatoms. The third-order valence-corrected chi connectivity index (χ3v) is 1.69. The van der Waals surface area contributed by atoms with Gasteiger partial charge in [-0.1, -0.05) is 0 Å². The van der Waals surface area contributed by atoms with E-state index in [0.717, 1.165) is 13.1 Å². The van der Waals surface area contributed by atoms with Crippen LogP contribution in [-0.2, 0) is 0 Å². The molecule has 8 heavy (non-hydrogen) atoms. The normalized spacial score (nSPS) is 38.2. The van der Waals surface area contributed by atoms with Crippen LogP contribution >= 0.6 is 0 Å². The molecule has 1 heterocycles. The highest BCUT2D eigenvalue weighted by Crippen LogP contribution is 2.02. The van der Waals surface area contributed by atoms with Crippen LogP contribution in [0.3, 0.4) is 0 Å². The molecule has 0 unspecified atom stereocenters. The van der Waals surface area contributed by atoms with Gasteiger partial charge in [-0.2, -0.15) is 0 Å². The van der Waals surface area contributed by atoms with Crippen LogP contribution in [0.15, 0.2) is 0 Å². The van der Waals surface area contributed by atoms with Crippen LogP contribution < -0.4 is 16.8 Å². The number of nitrogens with one attached hydrogen (secondary N) is 1. The van der Waals surface area contributed by atoms with Gasteiger partial charge in [-0.05, 0) is 12.5 Å². The Bertz CT molecular complexity index is 74.1. The van der Waals surface area contributed by atoms with Gasteiger partial charge in [0.1, 0.15) is 0 Å². The molecule has 0 aromatic carbocycles. The quantitative estimate of drug-likeness (QED) is 0.389. The zero-order valence-corrected chi connectivity index (χ0v) is 4.93. The molecular weight excluding hydrogens is 102 g/mol. The van der Waals surface area contributed by atoms with Gasteiger partial charge < -0.3 is 16.8 Å². The zero-order chi connectivity index (χ0) is 5.98. The number of hydrogen-bond donors (Lipinski definition) is 3. The average Bonchev–Trinajstić information content (AvgIpc) is 2.14. The summed E-state index contributed by atoms with van der Waals surface area (Å²) in [5.41, 5.74) is 11.1. The molecule has 0 bridgehead atoms. The van der Waals surface area contributed by atoms with Crippen molar-refractivity contribution < 1.29 is 0 Å². The highest BCUT2D eigenvalue weighted by Gasteiger charge is 2.20. The Kier molecular flexibility index (Phi) is 1.83. The van der Waals surface area contributed by atoms with E-state index in [-0.39, 0.29) is 0 Å². The monoisotopic (exact) mass is 115 g/mol. The standard InChI is InChI=1S/C5H13N3/c6-1-4-2-8-3-5(4)7/h4-5,8H,1-3,6-7H2/t4-,5+/m0/s1. The third-order valence-electron chi connectivity index (χ3n) is 1.69. The lowest BCUT2D eigenvalue weighted by Gasteiger charge is -2.08. The molecule has 1 aliphatic rings. The Labute approximate surface area is 49.4 Å². The van der Waals surface area contributed by atoms with Crippen LogP contribution in [0.2, 0.25) is 0 Å². The summed E-state index contributed by atoms with van der Waals surface area (Å²) in [6.45, 7) is 2.65. The van der Waals surface area contributed by atoms with Gasteiger partial charge in [0.2, 0.25) is 0 Å². The molecule has 0 saturated carbocycles. The topological polar surface area (TPSA) is 64.1 Å². The molecule has 1 fully saturated rings. The van der Waals surface area contributed by atoms with E-state index in [2.05, 4.69) is 5.32 Å². The van der Waals surface area contributed by atoms with Crippen molar-refractivity contribution in [2.75, 3.05) is 19.6 Å². The van der Waals surface area contributed by atoms with Crippen molar-refractivity contribution in [1.29, 1.82) is 0 Å². The second kappa shape index (κ2) is 2.44. The van der Waals surface area contributed by atoms with E-state index in [9.17, 15) is 0 Å². The van der Waals surface area contributed by atoms with E-state index in [1.54, 1.807) is 0 Å². The molecule has 1 saturated heterocycles. The maximum atomic E-state index is 5.65. The maximum absolute atomic E-state index is 5.65. The van der Waals surface area contributed by atoms with Crippen molar-refractivity contribution in [3.63, 3.8) is 0 Å². The first-order valence-electron chi connectivity index (χ1n) is 3.01. The Morgan fingerprint density at radius 2 is 2.25 bits per heavy atom. The van der Waals surface area contributed by atoms with Crippen LogP contribution in [-0.4, -0.2) is 25.7 Å². The van der Waals surface area contributed by atoms with Gasteiger partial charge in [-0.15, -0.1) is 0 Å². The van der Waals surface area contributed by atoms with Crippen LogP contribution in [0.4, 0.5) is 0 Å². The van der Waals surface area contributed by atoms with Crippen LogP contribution in [0.5, 0.6) is 0 Å². The molecule has 0 aromatic rings. The summed E-state index contributed by atoms with van der Waals surface area (Å²) in [6.07, 6.45) is 0. The lowest BCUT2D eigenvalue weighted by Crippen LogP contribution is -2.33. The predicted molar refractivity (Wildman–Crippen MR) is 33.4 cm³/mol. The van der Waals surface area contributed by atoms with E-state index in [1.165, 1.54) is 0 Å². The SMILES string of the molecule is NC[C@H]1CNC[C@H]1N. The molecule has 0 aliphatic carbocycles. The van der Waals surface area contributed by atoms with Gasteiger partial charge in [0, 0.05) is 19.1 Å². The second-order valence-electron chi connectivity index (χ2n) is 2.32. The van der Waals surface area contributed by atoms with Gasteiger partial charge >= 0.3 is 0 Å². The minimum Gasteiger partial charge on any atom is -0.330 e. The van der Waals surface area contributed by atoms with Crippen molar-refractivity contribution in [1.82, 2.24) is 5.32 Å². The molecule has 48 valence electrons. The zero-order valence-electron chi connectivity index (χ0n) is 4.93. The average molecular weight is 115 g/mol. The lowest BCUT2D eigenvalue weighted by atomic mass is 10.1. The van der Waals surface area contributed by atoms with Gasteiger partial charge in [-0.3, -0.25) is 0 Å². The fourth-order valence-electron chi connectivity index (χ4n) is 1.01. The Hall–Kier alpha value is -0.120. The smallest absolute Gasteiger partial charge is 0.0218 e. The minimum absolute atomic E-state index is 0.292. The summed E-state index contributed by atoms with van der Waals surface area (Å²) in [6, 6.07) is 0.292. The van der Waals surface area contributed by atoms with E-state index >= 15 is 0 Å². The van der Waals surface area contributed by atoms with Crippen LogP contribution in [0.1, 0.15) is 0 Å². The first kappa shape index (κ1) is 6.01. The van der Waals surface area contributed by atoms with Crippen LogP contribution in [0, 0.1) is 5.92 Å². The van der Waals surface area contributed by atoms with E-state index in [1.807, 2.05) is 0 Å². The van der Waals surface area contributed by atoms with Gasteiger partial charge in [0.25, 0.3) is 0 Å². The largest absolute Gasteiger partial charge is 0.330 e. The molecule has 1 aliphatic heterocycles. The van der Waals surface area contributed by atoms with Crippen molar-refractivity contribution in [3.05, 3.63) is 0 Å². The first-order chi connectivity index (χ1) is 3.84. The fraction of sp³-hybridized carbons (Fsp3) is 1.00. The molecule has 2 atom stereocenters. The number of rotatable bonds is 1. The van der Waals surface area contributed by atoms with Gasteiger partial charge in [0.05, 0.1) is 0 Å². The molecule has 0 radical (unpaired) electrons. The highest BCUT2D eigenvalue weighted by molar-refractivity contribution is 4.83. The van der Waals surface area contributed by atoms with E-state index in [0.29, 0.717) is 18.5 Å². The molecule has 3 nitrogen and oxygen atoms in total. The third kappa shape index (κ3) is 0.992. The van der Waals surface area contributed by atoms with Gasteiger partial charge in [0.15, 0.2) is 0 Å². The molecule has 0 spiro atoms. The summed E-state index contributed by atoms with van der Waals surface area (Å²) in [7, 11) is 0. The van der Waals surface area contributed by atoms with Crippen molar-refractivity contribution >= 4 is 0 Å². The van der Waals surface area contributed by atoms with Crippen LogP contribution in [0.25, 0.3) is 0 Å². The summed E-state index contributed by atoms with van der Waals surface area (Å²) in [5.74, 6) is 0.509. The fourth-order valence-corrected chi connectivity index (χ4v) is 1.01.